The van der Waals surface area contributed by atoms with Crippen LogP contribution in [0.3, 0.4) is 0 Å². The average Bonchev–Trinajstić information content (AvgIpc) is 3.46. The Balaban J connectivity index is 1.35. The van der Waals surface area contributed by atoms with Gasteiger partial charge in [-0.2, -0.15) is 5.10 Å². The van der Waals surface area contributed by atoms with Gasteiger partial charge in [-0.3, -0.25) is 14.4 Å². The minimum Gasteiger partial charge on any atom is -0.463 e. The number of benzene rings is 1. The molecule has 0 aliphatic carbocycles. The van der Waals surface area contributed by atoms with Gasteiger partial charge in [0.1, 0.15) is 5.69 Å². The highest BCUT2D eigenvalue weighted by Gasteiger charge is 2.26. The van der Waals surface area contributed by atoms with Crippen LogP contribution in [0.1, 0.15) is 21.6 Å². The molecular formula is C25H27N5O2. The predicted octanol–water partition coefficient (Wildman–Crippen LogP) is 3.54. The zero-order chi connectivity index (χ0) is 22.1. The molecule has 1 amide bonds. The number of furan rings is 1. The molecule has 1 saturated heterocycles. The second kappa shape index (κ2) is 8.59. The smallest absolute Gasteiger partial charge is 0.254 e. The fourth-order valence-electron chi connectivity index (χ4n) is 4.44. The topological polar surface area (TPSA) is 67.4 Å². The largest absolute Gasteiger partial charge is 0.463 e. The molecule has 0 radical (unpaired) electrons. The number of nitrogens with zero attached hydrogens (tertiary/aromatic N) is 5. The molecule has 7 nitrogen and oxygen atoms in total. The molecule has 0 atom stereocenters. The number of carbonyl (C=O) groups is 1. The Morgan fingerprint density at radius 2 is 1.84 bits per heavy atom. The van der Waals surface area contributed by atoms with Gasteiger partial charge in [-0.25, -0.2) is 4.98 Å². The minimum absolute atomic E-state index is 0.0315. The molecule has 5 rings (SSSR count). The van der Waals surface area contributed by atoms with Crippen LogP contribution in [0.4, 0.5) is 0 Å². The summed E-state index contributed by atoms with van der Waals surface area (Å²) in [5.74, 6) is 0.676. The van der Waals surface area contributed by atoms with Crippen molar-refractivity contribution in [2.45, 2.75) is 13.3 Å². The first-order valence-electron chi connectivity index (χ1n) is 11.0. The van der Waals surface area contributed by atoms with Crippen LogP contribution in [0, 0.1) is 6.92 Å². The normalized spacial score (nSPS) is 14.9. The average molecular weight is 430 g/mol. The summed E-state index contributed by atoms with van der Waals surface area (Å²) in [7, 11) is 1.86. The Labute approximate surface area is 187 Å². The third-order valence-corrected chi connectivity index (χ3v) is 6.19. The molecule has 1 fully saturated rings. The molecule has 0 bridgehead atoms. The molecule has 4 heterocycles. The maximum absolute atomic E-state index is 13.6. The van der Waals surface area contributed by atoms with Crippen LogP contribution in [0.25, 0.3) is 22.5 Å². The van der Waals surface area contributed by atoms with Crippen LogP contribution in [-0.4, -0.2) is 63.2 Å². The Bertz CT molecular complexity index is 1220. The summed E-state index contributed by atoms with van der Waals surface area (Å²) in [5, 5.41) is 5.33. The van der Waals surface area contributed by atoms with Gasteiger partial charge < -0.3 is 9.32 Å². The summed E-state index contributed by atoms with van der Waals surface area (Å²) in [6.07, 6.45) is 2.65. The quantitative estimate of drug-likeness (QED) is 0.485. The van der Waals surface area contributed by atoms with Gasteiger partial charge in [0, 0.05) is 39.8 Å². The van der Waals surface area contributed by atoms with Gasteiger partial charge in [0.05, 0.1) is 22.9 Å². The summed E-state index contributed by atoms with van der Waals surface area (Å²) in [5.41, 5.74) is 4.15. The monoisotopic (exact) mass is 429 g/mol. The summed E-state index contributed by atoms with van der Waals surface area (Å²) < 4.78 is 7.28. The molecule has 0 N–H and O–H groups in total. The van der Waals surface area contributed by atoms with Gasteiger partial charge in [-0.05, 0) is 37.1 Å². The van der Waals surface area contributed by atoms with Crippen molar-refractivity contribution in [1.82, 2.24) is 24.6 Å². The third kappa shape index (κ3) is 3.91. The fraction of sp³-hybridized carbons (Fsp3) is 0.320. The molecule has 164 valence electrons. The highest BCUT2D eigenvalue weighted by atomic mass is 16.3. The van der Waals surface area contributed by atoms with Crippen LogP contribution in [-0.2, 0) is 13.5 Å². The van der Waals surface area contributed by atoms with E-state index in [0.717, 1.165) is 37.1 Å². The fourth-order valence-corrected chi connectivity index (χ4v) is 4.44. The molecule has 3 aromatic heterocycles. The standard InChI is InChI=1S/C25H27N5O2/c1-18-23-20(17-21(22-9-6-16-32-22)26-24(23)28(2)27-18)25(31)30-14-12-29(13-15-30)11-10-19-7-4-3-5-8-19/h3-9,16-17H,10-15H2,1-2H3. The van der Waals surface area contributed by atoms with Crippen LogP contribution >= 0.6 is 0 Å². The molecule has 1 aliphatic rings. The summed E-state index contributed by atoms with van der Waals surface area (Å²) >= 11 is 0. The maximum atomic E-state index is 13.6. The molecule has 7 heteroatoms. The van der Waals surface area contributed by atoms with Crippen molar-refractivity contribution in [1.29, 1.82) is 0 Å². The number of aromatic nitrogens is 3. The second-order valence-electron chi connectivity index (χ2n) is 8.31. The van der Waals surface area contributed by atoms with Gasteiger partial charge in [-0.15, -0.1) is 0 Å². The van der Waals surface area contributed by atoms with E-state index >= 15 is 0 Å². The predicted molar refractivity (Wildman–Crippen MR) is 123 cm³/mol. The molecule has 0 unspecified atom stereocenters. The number of hydrogen-bond acceptors (Lipinski definition) is 5. The molecule has 0 saturated carbocycles. The summed E-state index contributed by atoms with van der Waals surface area (Å²) in [4.78, 5) is 22.7. The zero-order valence-electron chi connectivity index (χ0n) is 18.5. The maximum Gasteiger partial charge on any atom is 0.254 e. The number of amides is 1. The number of piperazine rings is 1. The van der Waals surface area contributed by atoms with Crippen molar-refractivity contribution in [3.8, 4) is 11.5 Å². The van der Waals surface area contributed by atoms with E-state index in [1.54, 1.807) is 10.9 Å². The van der Waals surface area contributed by atoms with Crippen LogP contribution in [0.2, 0.25) is 0 Å². The number of aryl methyl sites for hydroxylation is 2. The van der Waals surface area contributed by atoms with Gasteiger partial charge in [0.2, 0.25) is 0 Å². The Hall–Kier alpha value is -3.45. The highest BCUT2D eigenvalue weighted by molar-refractivity contribution is 6.07. The molecule has 1 aromatic carbocycles. The van der Waals surface area contributed by atoms with Crippen LogP contribution in [0.5, 0.6) is 0 Å². The summed E-state index contributed by atoms with van der Waals surface area (Å²) in [6.45, 7) is 6.12. The number of pyridine rings is 1. The van der Waals surface area contributed by atoms with Crippen molar-refractivity contribution in [3.63, 3.8) is 0 Å². The second-order valence-corrected chi connectivity index (χ2v) is 8.31. The Morgan fingerprint density at radius 3 is 2.56 bits per heavy atom. The van der Waals surface area contributed by atoms with Gasteiger partial charge in [0.15, 0.2) is 11.4 Å². The molecule has 0 spiro atoms. The van der Waals surface area contributed by atoms with Crippen molar-refractivity contribution in [3.05, 3.63) is 71.6 Å². The lowest BCUT2D eigenvalue weighted by Gasteiger charge is -2.35. The summed E-state index contributed by atoms with van der Waals surface area (Å²) in [6, 6.07) is 16.1. The first kappa shape index (κ1) is 20.5. The molecule has 32 heavy (non-hydrogen) atoms. The number of carbonyl (C=O) groups excluding carboxylic acids is 1. The van der Waals surface area contributed by atoms with Crippen LogP contribution < -0.4 is 0 Å². The third-order valence-electron chi connectivity index (χ3n) is 6.19. The minimum atomic E-state index is 0.0315. The van der Waals surface area contributed by atoms with E-state index in [9.17, 15) is 4.79 Å². The lowest BCUT2D eigenvalue weighted by atomic mass is 10.1. The zero-order valence-corrected chi connectivity index (χ0v) is 18.5. The van der Waals surface area contributed by atoms with E-state index in [4.69, 9.17) is 9.40 Å². The van der Waals surface area contributed by atoms with Crippen molar-refractivity contribution in [2.75, 3.05) is 32.7 Å². The lowest BCUT2D eigenvalue weighted by molar-refractivity contribution is 0.0640. The van der Waals surface area contributed by atoms with Gasteiger partial charge in [-0.1, -0.05) is 30.3 Å². The SMILES string of the molecule is Cc1nn(C)c2nc(-c3ccco3)cc(C(=O)N3CCN(CCc4ccccc4)CC3)c12. The molecule has 4 aromatic rings. The van der Waals surface area contributed by atoms with E-state index in [0.29, 0.717) is 35.8 Å². The van der Waals surface area contributed by atoms with Crippen molar-refractivity contribution < 1.29 is 9.21 Å². The van der Waals surface area contributed by atoms with E-state index in [2.05, 4.69) is 34.3 Å². The van der Waals surface area contributed by atoms with Crippen molar-refractivity contribution in [2.24, 2.45) is 7.05 Å². The van der Waals surface area contributed by atoms with Gasteiger partial charge >= 0.3 is 0 Å². The number of rotatable bonds is 5. The number of fused-ring (bicyclic) bond motifs is 1. The highest BCUT2D eigenvalue weighted by Crippen LogP contribution is 2.28. The van der Waals surface area contributed by atoms with Gasteiger partial charge in [0.25, 0.3) is 5.91 Å². The van der Waals surface area contributed by atoms with E-state index in [1.807, 2.05) is 43.1 Å². The lowest BCUT2D eigenvalue weighted by Crippen LogP contribution is -2.49. The van der Waals surface area contributed by atoms with E-state index in [-0.39, 0.29) is 5.91 Å². The first-order valence-corrected chi connectivity index (χ1v) is 11.0. The van der Waals surface area contributed by atoms with E-state index < -0.39 is 0 Å². The number of hydrogen-bond donors (Lipinski definition) is 0. The van der Waals surface area contributed by atoms with E-state index in [1.165, 1.54) is 5.56 Å². The van der Waals surface area contributed by atoms with Crippen molar-refractivity contribution >= 4 is 16.9 Å². The Kier molecular flexibility index (Phi) is 5.49. The first-order chi connectivity index (χ1) is 15.6. The Morgan fingerprint density at radius 1 is 1.06 bits per heavy atom. The molecular weight excluding hydrogens is 402 g/mol. The van der Waals surface area contributed by atoms with Crippen LogP contribution in [0.15, 0.2) is 59.2 Å². The molecule has 1 aliphatic heterocycles.